The second kappa shape index (κ2) is 4.64. The van der Waals surface area contributed by atoms with E-state index in [1.54, 1.807) is 6.07 Å². The van der Waals surface area contributed by atoms with Gasteiger partial charge in [-0.3, -0.25) is 4.90 Å². The van der Waals surface area contributed by atoms with E-state index in [2.05, 4.69) is 6.58 Å². The third kappa shape index (κ3) is 2.37. The minimum atomic E-state index is -0.966. The van der Waals surface area contributed by atoms with E-state index in [-0.39, 0.29) is 0 Å². The summed E-state index contributed by atoms with van der Waals surface area (Å²) in [5.41, 5.74) is 2.51. The number of carbonyl (C=O) groups is 1. The lowest BCUT2D eigenvalue weighted by atomic mass is 10.0. The molecule has 0 radical (unpaired) electrons. The van der Waals surface area contributed by atoms with Crippen LogP contribution in [-0.4, -0.2) is 18.2 Å². The van der Waals surface area contributed by atoms with Crippen molar-refractivity contribution in [2.24, 2.45) is 0 Å². The zero-order chi connectivity index (χ0) is 11.4. The van der Waals surface area contributed by atoms with Crippen LogP contribution in [0.2, 0.25) is 0 Å². The van der Waals surface area contributed by atoms with Crippen molar-refractivity contribution in [2.45, 2.75) is 13.3 Å². The maximum atomic E-state index is 10.9. The second-order valence-corrected chi connectivity index (χ2v) is 3.32. The first-order valence-electron chi connectivity index (χ1n) is 4.81. The quantitative estimate of drug-likeness (QED) is 0.823. The fraction of sp³-hybridized carbons (Fsp3) is 0.250. The van der Waals surface area contributed by atoms with E-state index in [1.807, 2.05) is 25.1 Å². The van der Waals surface area contributed by atoms with Gasteiger partial charge in [-0.1, -0.05) is 31.7 Å². The fourth-order valence-electron chi connectivity index (χ4n) is 1.36. The van der Waals surface area contributed by atoms with Crippen LogP contribution in [0.15, 0.2) is 30.8 Å². The average Bonchev–Trinajstić information content (AvgIpc) is 2.27. The van der Waals surface area contributed by atoms with E-state index in [9.17, 15) is 4.79 Å². The molecule has 0 saturated heterocycles. The number of anilines is 1. The third-order valence-electron chi connectivity index (χ3n) is 2.36. The maximum absolute atomic E-state index is 10.9. The van der Waals surface area contributed by atoms with Crippen LogP contribution in [0.4, 0.5) is 10.5 Å². The minimum Gasteiger partial charge on any atom is -0.465 e. The number of hydrogen-bond donors (Lipinski definition) is 1. The Morgan fingerprint density at radius 2 is 2.07 bits per heavy atom. The molecule has 0 aliphatic rings. The Morgan fingerprint density at radius 1 is 1.47 bits per heavy atom. The van der Waals surface area contributed by atoms with Gasteiger partial charge in [0.2, 0.25) is 0 Å². The van der Waals surface area contributed by atoms with Gasteiger partial charge in [-0.2, -0.15) is 0 Å². The van der Waals surface area contributed by atoms with Crippen molar-refractivity contribution in [2.75, 3.05) is 11.9 Å². The molecule has 1 aromatic rings. The summed E-state index contributed by atoms with van der Waals surface area (Å²) < 4.78 is 0. The molecule has 0 spiro atoms. The molecule has 0 fully saturated rings. The lowest BCUT2D eigenvalue weighted by Gasteiger charge is -2.18. The molecule has 1 amide bonds. The van der Waals surface area contributed by atoms with Gasteiger partial charge in [-0.25, -0.2) is 4.79 Å². The Morgan fingerprint density at radius 3 is 2.60 bits per heavy atom. The van der Waals surface area contributed by atoms with Crippen LogP contribution in [0.1, 0.15) is 18.9 Å². The van der Waals surface area contributed by atoms with Crippen LogP contribution in [0.25, 0.3) is 5.57 Å². The fourth-order valence-corrected chi connectivity index (χ4v) is 1.36. The van der Waals surface area contributed by atoms with Crippen molar-refractivity contribution in [1.82, 2.24) is 0 Å². The molecule has 1 aromatic carbocycles. The van der Waals surface area contributed by atoms with E-state index >= 15 is 0 Å². The molecule has 0 heterocycles. The Balaban J connectivity index is 3.17. The number of hydrogen-bond acceptors (Lipinski definition) is 1. The summed E-state index contributed by atoms with van der Waals surface area (Å²) in [5, 5.41) is 8.91. The third-order valence-corrected chi connectivity index (χ3v) is 2.36. The first-order chi connectivity index (χ1) is 7.07. The summed E-state index contributed by atoms with van der Waals surface area (Å²) in [7, 11) is 1.53. The summed E-state index contributed by atoms with van der Waals surface area (Å²) >= 11 is 0. The van der Waals surface area contributed by atoms with Gasteiger partial charge in [-0.15, -0.1) is 0 Å². The van der Waals surface area contributed by atoms with Crippen LogP contribution in [0, 0.1) is 0 Å². The molecule has 80 valence electrons. The van der Waals surface area contributed by atoms with Crippen molar-refractivity contribution in [3.05, 3.63) is 36.4 Å². The Hall–Kier alpha value is -1.77. The van der Waals surface area contributed by atoms with Gasteiger partial charge in [0.25, 0.3) is 0 Å². The van der Waals surface area contributed by atoms with Gasteiger partial charge in [0, 0.05) is 12.6 Å². The lowest BCUT2D eigenvalue weighted by Crippen LogP contribution is -2.24. The summed E-state index contributed by atoms with van der Waals surface area (Å²) in [6, 6.07) is 7.38. The summed E-state index contributed by atoms with van der Waals surface area (Å²) in [4.78, 5) is 12.1. The highest BCUT2D eigenvalue weighted by molar-refractivity contribution is 5.90. The first kappa shape index (κ1) is 11.3. The summed E-state index contributed by atoms with van der Waals surface area (Å²) in [6.45, 7) is 5.93. The Labute approximate surface area is 89.6 Å². The van der Waals surface area contributed by atoms with Gasteiger partial charge >= 0.3 is 6.09 Å². The number of allylic oxidation sites excluding steroid dienone is 1. The Bertz CT molecular complexity index is 385. The number of carboxylic acid groups (broad SMARTS) is 1. The van der Waals surface area contributed by atoms with Crippen molar-refractivity contribution in [3.8, 4) is 0 Å². The normalized spacial score (nSPS) is 9.73. The molecule has 0 aliphatic carbocycles. The van der Waals surface area contributed by atoms with Crippen molar-refractivity contribution < 1.29 is 9.90 Å². The van der Waals surface area contributed by atoms with Crippen molar-refractivity contribution >= 4 is 17.4 Å². The number of amides is 1. The summed E-state index contributed by atoms with van der Waals surface area (Å²) in [5.74, 6) is 0. The van der Waals surface area contributed by atoms with Gasteiger partial charge in [0.05, 0.1) is 5.69 Å². The molecule has 3 nitrogen and oxygen atoms in total. The SMILES string of the molecule is C=C(CC)c1ccccc1N(C)C(=O)O. The van der Waals surface area contributed by atoms with Crippen molar-refractivity contribution in [1.29, 1.82) is 0 Å². The molecule has 0 unspecified atom stereocenters. The number of para-hydroxylation sites is 1. The zero-order valence-corrected chi connectivity index (χ0v) is 9.03. The molecular formula is C12H15NO2. The van der Waals surface area contributed by atoms with Crippen molar-refractivity contribution in [3.63, 3.8) is 0 Å². The smallest absolute Gasteiger partial charge is 0.411 e. The van der Waals surface area contributed by atoms with E-state index in [1.165, 1.54) is 11.9 Å². The van der Waals surface area contributed by atoms with E-state index in [0.29, 0.717) is 5.69 Å². The molecule has 0 atom stereocenters. The highest BCUT2D eigenvalue weighted by atomic mass is 16.4. The van der Waals surface area contributed by atoms with Crippen LogP contribution < -0.4 is 4.90 Å². The molecule has 0 bridgehead atoms. The molecular weight excluding hydrogens is 190 g/mol. The first-order valence-corrected chi connectivity index (χ1v) is 4.81. The van der Waals surface area contributed by atoms with Crippen LogP contribution in [0.3, 0.4) is 0 Å². The molecule has 15 heavy (non-hydrogen) atoms. The minimum absolute atomic E-state index is 0.678. The van der Waals surface area contributed by atoms with Crippen LogP contribution in [0.5, 0.6) is 0 Å². The monoisotopic (exact) mass is 205 g/mol. The van der Waals surface area contributed by atoms with E-state index in [4.69, 9.17) is 5.11 Å². The van der Waals surface area contributed by atoms with Crippen LogP contribution >= 0.6 is 0 Å². The average molecular weight is 205 g/mol. The standard InChI is InChI=1S/C12H15NO2/c1-4-9(2)10-7-5-6-8-11(10)13(3)12(14)15/h5-8H,2,4H2,1,3H3,(H,14,15). The van der Waals surface area contributed by atoms with E-state index in [0.717, 1.165) is 17.6 Å². The molecule has 1 N–H and O–H groups in total. The summed E-state index contributed by atoms with van der Waals surface area (Å²) in [6.07, 6.45) is -0.156. The largest absolute Gasteiger partial charge is 0.465 e. The number of rotatable bonds is 3. The predicted octanol–water partition coefficient (Wildman–Crippen LogP) is 3.22. The predicted molar refractivity (Wildman–Crippen MR) is 62.2 cm³/mol. The highest BCUT2D eigenvalue weighted by Crippen LogP contribution is 2.27. The van der Waals surface area contributed by atoms with E-state index < -0.39 is 6.09 Å². The zero-order valence-electron chi connectivity index (χ0n) is 9.03. The molecule has 0 aromatic heterocycles. The number of nitrogens with zero attached hydrogens (tertiary/aromatic N) is 1. The van der Waals surface area contributed by atoms with Gasteiger partial charge in [0.1, 0.15) is 0 Å². The van der Waals surface area contributed by atoms with Gasteiger partial charge in [0.15, 0.2) is 0 Å². The highest BCUT2D eigenvalue weighted by Gasteiger charge is 2.13. The van der Waals surface area contributed by atoms with Crippen LogP contribution in [-0.2, 0) is 0 Å². The van der Waals surface area contributed by atoms with Gasteiger partial charge < -0.3 is 5.11 Å². The topological polar surface area (TPSA) is 40.5 Å². The molecule has 1 rings (SSSR count). The maximum Gasteiger partial charge on any atom is 0.411 e. The molecule has 0 saturated carbocycles. The molecule has 3 heteroatoms. The van der Waals surface area contributed by atoms with Gasteiger partial charge in [-0.05, 0) is 18.1 Å². The molecule has 0 aliphatic heterocycles. The Kier molecular flexibility index (Phi) is 3.50. The lowest BCUT2D eigenvalue weighted by molar-refractivity contribution is 0.203. The number of benzene rings is 1. The second-order valence-electron chi connectivity index (χ2n) is 3.32.